The normalized spacial score (nSPS) is 13.0. The molecule has 6 heteroatoms. The van der Waals surface area contributed by atoms with Crippen LogP contribution in [0.3, 0.4) is 0 Å². The van der Waals surface area contributed by atoms with Crippen LogP contribution in [0, 0.1) is 0 Å². The van der Waals surface area contributed by atoms with Gasteiger partial charge in [-0.15, -0.1) is 0 Å². The van der Waals surface area contributed by atoms with Crippen molar-refractivity contribution in [3.8, 4) is 0 Å². The maximum absolute atomic E-state index is 12.8. The number of ether oxygens (including phenoxy) is 3. The molecule has 6 nitrogen and oxygen atoms in total. The third-order valence-corrected chi connectivity index (χ3v) is 10.8. The van der Waals surface area contributed by atoms with Crippen molar-refractivity contribution in [1.82, 2.24) is 0 Å². The van der Waals surface area contributed by atoms with Gasteiger partial charge in [0, 0.05) is 19.3 Å². The van der Waals surface area contributed by atoms with E-state index in [1.54, 1.807) is 0 Å². The van der Waals surface area contributed by atoms with E-state index >= 15 is 0 Å². The molecule has 0 rings (SSSR count). The Morgan fingerprint density at radius 1 is 0.323 bits per heavy atom. The lowest BCUT2D eigenvalue weighted by Gasteiger charge is -2.18. The number of carbonyl (C=O) groups is 3. The maximum Gasteiger partial charge on any atom is 0.306 e. The van der Waals surface area contributed by atoms with E-state index in [1.165, 1.54) is 64.2 Å². The van der Waals surface area contributed by atoms with Gasteiger partial charge in [-0.3, -0.25) is 14.4 Å². The van der Waals surface area contributed by atoms with Gasteiger partial charge >= 0.3 is 17.9 Å². The van der Waals surface area contributed by atoms with Crippen molar-refractivity contribution < 1.29 is 28.6 Å². The van der Waals surface area contributed by atoms with E-state index in [9.17, 15) is 14.4 Å². The van der Waals surface area contributed by atoms with Crippen LogP contribution in [0.15, 0.2) is 109 Å². The number of carbonyl (C=O) groups excluding carboxylic acids is 3. The highest BCUT2D eigenvalue weighted by Gasteiger charge is 2.19. The number of hydrogen-bond acceptors (Lipinski definition) is 6. The number of rotatable bonds is 46. The van der Waals surface area contributed by atoms with Gasteiger partial charge in [0.15, 0.2) is 6.10 Å². The fourth-order valence-electron chi connectivity index (χ4n) is 6.88. The van der Waals surface area contributed by atoms with Gasteiger partial charge in [-0.2, -0.15) is 0 Å². The second-order valence-electron chi connectivity index (χ2n) is 17.0. The van der Waals surface area contributed by atoms with E-state index in [0.29, 0.717) is 12.8 Å². The monoisotopic (exact) mass is 901 g/mol. The summed E-state index contributed by atoms with van der Waals surface area (Å²) in [4.78, 5) is 38.0. The van der Waals surface area contributed by atoms with Crippen molar-refractivity contribution in [1.29, 1.82) is 0 Å². The molecule has 0 aromatic rings. The lowest BCUT2D eigenvalue weighted by atomic mass is 10.0. The molecule has 0 aliphatic heterocycles. The molecular weight excluding hydrogens is 805 g/mol. The minimum absolute atomic E-state index is 0.106. The van der Waals surface area contributed by atoms with Crippen molar-refractivity contribution in [2.75, 3.05) is 13.2 Å². The minimum Gasteiger partial charge on any atom is -0.462 e. The first-order chi connectivity index (χ1) is 32.0. The molecule has 0 amide bonds. The predicted octanol–water partition coefficient (Wildman–Crippen LogP) is 17.5. The highest BCUT2D eigenvalue weighted by molar-refractivity contribution is 5.71. The summed E-state index contributed by atoms with van der Waals surface area (Å²) in [6.07, 6.45) is 70.7. The maximum atomic E-state index is 12.8. The molecule has 0 unspecified atom stereocenters. The highest BCUT2D eigenvalue weighted by atomic mass is 16.6. The third kappa shape index (κ3) is 50.9. The predicted molar refractivity (Wildman–Crippen MR) is 279 cm³/mol. The molecule has 0 heterocycles. The van der Waals surface area contributed by atoms with Gasteiger partial charge in [0.1, 0.15) is 13.2 Å². The van der Waals surface area contributed by atoms with Crippen molar-refractivity contribution in [3.05, 3.63) is 109 Å². The average molecular weight is 901 g/mol. The number of allylic oxidation sites excluding steroid dienone is 18. The molecule has 0 aliphatic rings. The Hall–Kier alpha value is -3.93. The summed E-state index contributed by atoms with van der Waals surface area (Å²) in [5, 5.41) is 0. The van der Waals surface area contributed by atoms with Crippen LogP contribution in [0.4, 0.5) is 0 Å². The topological polar surface area (TPSA) is 78.9 Å². The standard InChI is InChI=1S/C59H96O6/c1-4-7-10-13-16-19-22-25-27-29-31-34-37-40-43-46-49-52-58(61)64-55-56(54-63-57(60)51-48-45-42-39-36-33-24-21-18-15-12-9-6-3)65-59(62)53-50-47-44-41-38-35-32-30-28-26-23-20-17-14-11-8-5-2/h7-8,10-11,16-17,19-20,25-28,31-32,34-35,40,43,56H,4-6,9,12-15,18,21-24,29-30,33,36-39,41-42,44-55H2,1-3H3/b10-7-,11-8-,19-16-,20-17-,27-25-,28-26-,34-31-,35-32-,43-40-/t56-/m0/s1. The van der Waals surface area contributed by atoms with Gasteiger partial charge in [-0.25, -0.2) is 0 Å². The Balaban J connectivity index is 4.53. The molecule has 0 saturated carbocycles. The van der Waals surface area contributed by atoms with Gasteiger partial charge < -0.3 is 14.2 Å². The molecule has 0 bridgehead atoms. The summed E-state index contributed by atoms with van der Waals surface area (Å²) in [5.74, 6) is -0.994. The molecule has 0 fully saturated rings. The first-order valence-electron chi connectivity index (χ1n) is 26.4. The molecule has 1 atom stereocenters. The summed E-state index contributed by atoms with van der Waals surface area (Å²) in [5.41, 5.74) is 0. The van der Waals surface area contributed by atoms with Gasteiger partial charge in [0.05, 0.1) is 0 Å². The highest BCUT2D eigenvalue weighted by Crippen LogP contribution is 2.14. The summed E-state index contributed by atoms with van der Waals surface area (Å²) >= 11 is 0. The van der Waals surface area contributed by atoms with Gasteiger partial charge in [0.2, 0.25) is 0 Å². The average Bonchev–Trinajstić information content (AvgIpc) is 3.30. The fraction of sp³-hybridized carbons (Fsp3) is 0.644. The molecule has 0 saturated heterocycles. The lowest BCUT2D eigenvalue weighted by Crippen LogP contribution is -2.30. The zero-order valence-corrected chi connectivity index (χ0v) is 42.0. The molecule has 0 aliphatic carbocycles. The zero-order chi connectivity index (χ0) is 47.2. The number of unbranched alkanes of at least 4 members (excludes halogenated alkanes) is 17. The van der Waals surface area contributed by atoms with Crippen LogP contribution in [0.5, 0.6) is 0 Å². The molecule has 0 spiro atoms. The Labute approximate surface area is 400 Å². The Bertz CT molecular complexity index is 1360. The smallest absolute Gasteiger partial charge is 0.306 e. The van der Waals surface area contributed by atoms with Crippen molar-refractivity contribution in [3.63, 3.8) is 0 Å². The van der Waals surface area contributed by atoms with Gasteiger partial charge in [-0.1, -0.05) is 220 Å². The van der Waals surface area contributed by atoms with Crippen LogP contribution < -0.4 is 0 Å². The van der Waals surface area contributed by atoms with Crippen molar-refractivity contribution in [2.45, 2.75) is 232 Å². The zero-order valence-electron chi connectivity index (χ0n) is 42.0. The van der Waals surface area contributed by atoms with E-state index in [1.807, 2.05) is 0 Å². The second-order valence-corrected chi connectivity index (χ2v) is 17.0. The number of hydrogen-bond donors (Lipinski definition) is 0. The lowest BCUT2D eigenvalue weighted by molar-refractivity contribution is -0.167. The first kappa shape index (κ1) is 61.1. The van der Waals surface area contributed by atoms with E-state index < -0.39 is 6.10 Å². The Kier molecular flexibility index (Phi) is 49.5. The van der Waals surface area contributed by atoms with Crippen LogP contribution >= 0.6 is 0 Å². The van der Waals surface area contributed by atoms with Crippen LogP contribution in [-0.4, -0.2) is 37.2 Å². The summed E-state index contributed by atoms with van der Waals surface area (Å²) < 4.78 is 16.7. The fourth-order valence-corrected chi connectivity index (χ4v) is 6.88. The van der Waals surface area contributed by atoms with Gasteiger partial charge in [0.25, 0.3) is 0 Å². The molecule has 0 aromatic heterocycles. The molecule has 368 valence electrons. The Morgan fingerprint density at radius 2 is 0.615 bits per heavy atom. The number of esters is 3. The minimum atomic E-state index is -0.814. The third-order valence-electron chi connectivity index (χ3n) is 10.8. The van der Waals surface area contributed by atoms with E-state index in [0.717, 1.165) is 116 Å². The van der Waals surface area contributed by atoms with E-state index in [4.69, 9.17) is 14.2 Å². The molecule has 0 aromatic carbocycles. The summed E-state index contributed by atoms with van der Waals surface area (Å²) in [6, 6.07) is 0. The van der Waals surface area contributed by atoms with Crippen LogP contribution in [0.2, 0.25) is 0 Å². The SMILES string of the molecule is CC/C=C\C/C=C\C/C=C\C/C=C\C/C=C\CCCC(=O)OC[C@H](COC(=O)CCCCCCCCCCCCCCC)OC(=O)CCCCCC/C=C\C/C=C\C/C=C\C/C=C\CC. The van der Waals surface area contributed by atoms with Crippen molar-refractivity contribution >= 4 is 17.9 Å². The Morgan fingerprint density at radius 3 is 1.00 bits per heavy atom. The van der Waals surface area contributed by atoms with Crippen molar-refractivity contribution in [2.24, 2.45) is 0 Å². The van der Waals surface area contributed by atoms with E-state index in [2.05, 4.69) is 130 Å². The molecule has 65 heavy (non-hydrogen) atoms. The molecular formula is C59H96O6. The van der Waals surface area contributed by atoms with Crippen LogP contribution in [-0.2, 0) is 28.6 Å². The van der Waals surface area contributed by atoms with Gasteiger partial charge in [-0.05, 0) is 96.3 Å². The first-order valence-corrected chi connectivity index (χ1v) is 26.4. The summed E-state index contributed by atoms with van der Waals surface area (Å²) in [6.45, 7) is 6.33. The largest absolute Gasteiger partial charge is 0.462 e. The van der Waals surface area contributed by atoms with E-state index in [-0.39, 0.29) is 44.0 Å². The second kappa shape index (κ2) is 52.7. The van der Waals surface area contributed by atoms with Crippen LogP contribution in [0.25, 0.3) is 0 Å². The van der Waals surface area contributed by atoms with Crippen LogP contribution in [0.1, 0.15) is 226 Å². The summed E-state index contributed by atoms with van der Waals surface area (Å²) in [7, 11) is 0. The molecule has 0 N–H and O–H groups in total. The molecule has 0 radical (unpaired) electrons. The quantitative estimate of drug-likeness (QED) is 0.0262.